The fourth-order valence-corrected chi connectivity index (χ4v) is 2.86. The molecule has 0 heterocycles. The van der Waals surface area contributed by atoms with Gasteiger partial charge < -0.3 is 10.6 Å². The third-order valence-corrected chi connectivity index (χ3v) is 4.05. The average molecular weight is 331 g/mol. The van der Waals surface area contributed by atoms with Crippen molar-refractivity contribution in [2.75, 3.05) is 5.32 Å². The summed E-state index contributed by atoms with van der Waals surface area (Å²) in [6, 6.07) is 16.3. The summed E-state index contributed by atoms with van der Waals surface area (Å²) in [5, 5.41) is 7.21. The SMILES string of the molecule is CCC(NC(C)c1cccc(NC(C)=O)c1)c1cccc(Cl)c1. The average Bonchev–Trinajstić information content (AvgIpc) is 2.52. The van der Waals surface area contributed by atoms with Crippen molar-refractivity contribution in [2.45, 2.75) is 39.3 Å². The molecule has 0 aliphatic rings. The van der Waals surface area contributed by atoms with Crippen molar-refractivity contribution in [2.24, 2.45) is 0 Å². The van der Waals surface area contributed by atoms with Gasteiger partial charge in [-0.15, -0.1) is 0 Å². The van der Waals surface area contributed by atoms with Crippen LogP contribution in [-0.2, 0) is 4.79 Å². The van der Waals surface area contributed by atoms with Crippen molar-refractivity contribution in [1.82, 2.24) is 5.32 Å². The zero-order valence-electron chi connectivity index (χ0n) is 13.8. The van der Waals surface area contributed by atoms with Crippen molar-refractivity contribution in [3.05, 3.63) is 64.7 Å². The Balaban J connectivity index is 2.13. The highest BCUT2D eigenvalue weighted by Crippen LogP contribution is 2.25. The lowest BCUT2D eigenvalue weighted by Gasteiger charge is -2.23. The first kappa shape index (κ1) is 17.5. The number of anilines is 1. The van der Waals surface area contributed by atoms with E-state index in [4.69, 9.17) is 11.6 Å². The van der Waals surface area contributed by atoms with Crippen LogP contribution < -0.4 is 10.6 Å². The zero-order valence-corrected chi connectivity index (χ0v) is 14.5. The normalized spacial score (nSPS) is 13.4. The second-order valence-electron chi connectivity index (χ2n) is 5.71. The molecule has 1 amide bonds. The Labute approximate surface area is 143 Å². The monoisotopic (exact) mass is 330 g/mol. The van der Waals surface area contributed by atoms with Gasteiger partial charge in [0.25, 0.3) is 0 Å². The molecule has 2 N–H and O–H groups in total. The van der Waals surface area contributed by atoms with Crippen LogP contribution in [0.2, 0.25) is 5.02 Å². The summed E-state index contributed by atoms with van der Waals surface area (Å²) >= 11 is 6.10. The summed E-state index contributed by atoms with van der Waals surface area (Å²) in [4.78, 5) is 11.2. The van der Waals surface area contributed by atoms with Gasteiger partial charge in [-0.25, -0.2) is 0 Å². The molecule has 122 valence electrons. The summed E-state index contributed by atoms with van der Waals surface area (Å²) in [6.45, 7) is 5.79. The Morgan fingerprint density at radius 2 is 1.83 bits per heavy atom. The van der Waals surface area contributed by atoms with E-state index in [9.17, 15) is 4.79 Å². The molecule has 0 aromatic heterocycles. The van der Waals surface area contributed by atoms with E-state index in [1.807, 2.05) is 36.4 Å². The van der Waals surface area contributed by atoms with Gasteiger partial charge in [-0.3, -0.25) is 4.79 Å². The lowest BCUT2D eigenvalue weighted by molar-refractivity contribution is -0.114. The third-order valence-electron chi connectivity index (χ3n) is 3.82. The van der Waals surface area contributed by atoms with Gasteiger partial charge in [0, 0.05) is 29.7 Å². The Hall–Kier alpha value is -1.84. The van der Waals surface area contributed by atoms with E-state index < -0.39 is 0 Å². The number of rotatable bonds is 6. The molecule has 0 bridgehead atoms. The first-order valence-electron chi connectivity index (χ1n) is 7.88. The first-order valence-corrected chi connectivity index (χ1v) is 8.26. The van der Waals surface area contributed by atoms with Crippen LogP contribution in [0.5, 0.6) is 0 Å². The molecule has 2 atom stereocenters. The second kappa shape index (κ2) is 8.14. The summed E-state index contributed by atoms with van der Waals surface area (Å²) < 4.78 is 0. The maximum absolute atomic E-state index is 11.2. The van der Waals surface area contributed by atoms with Gasteiger partial charge in [-0.1, -0.05) is 42.8 Å². The summed E-state index contributed by atoms with van der Waals surface area (Å²) in [7, 11) is 0. The molecule has 2 aromatic carbocycles. The van der Waals surface area contributed by atoms with Crippen molar-refractivity contribution >= 4 is 23.2 Å². The van der Waals surface area contributed by atoms with Crippen LogP contribution >= 0.6 is 11.6 Å². The maximum atomic E-state index is 11.2. The van der Waals surface area contributed by atoms with Crippen molar-refractivity contribution in [1.29, 1.82) is 0 Å². The summed E-state index contributed by atoms with van der Waals surface area (Å²) in [5.41, 5.74) is 3.14. The summed E-state index contributed by atoms with van der Waals surface area (Å²) in [6.07, 6.45) is 0.968. The minimum absolute atomic E-state index is 0.0619. The Morgan fingerprint density at radius 1 is 1.13 bits per heavy atom. The lowest BCUT2D eigenvalue weighted by Crippen LogP contribution is -2.24. The molecule has 0 saturated heterocycles. The Bertz CT molecular complexity index is 672. The molecule has 0 aliphatic heterocycles. The van der Waals surface area contributed by atoms with E-state index in [0.717, 1.165) is 22.7 Å². The number of benzene rings is 2. The van der Waals surface area contributed by atoms with Crippen LogP contribution in [0, 0.1) is 0 Å². The van der Waals surface area contributed by atoms with Gasteiger partial charge in [0.2, 0.25) is 5.91 Å². The minimum atomic E-state index is -0.0619. The topological polar surface area (TPSA) is 41.1 Å². The van der Waals surface area contributed by atoms with E-state index in [-0.39, 0.29) is 18.0 Å². The number of amides is 1. The van der Waals surface area contributed by atoms with Gasteiger partial charge in [0.05, 0.1) is 0 Å². The molecule has 0 fully saturated rings. The van der Waals surface area contributed by atoms with Crippen molar-refractivity contribution < 1.29 is 4.79 Å². The fraction of sp³-hybridized carbons (Fsp3) is 0.316. The number of hydrogen-bond donors (Lipinski definition) is 2. The van der Waals surface area contributed by atoms with Crippen LogP contribution in [0.4, 0.5) is 5.69 Å². The molecular weight excluding hydrogens is 308 g/mol. The van der Waals surface area contributed by atoms with Gasteiger partial charge in [-0.05, 0) is 48.7 Å². The molecule has 4 heteroatoms. The number of carbonyl (C=O) groups is 1. The van der Waals surface area contributed by atoms with E-state index in [2.05, 4.69) is 36.6 Å². The van der Waals surface area contributed by atoms with E-state index in [1.165, 1.54) is 12.5 Å². The highest BCUT2D eigenvalue weighted by atomic mass is 35.5. The van der Waals surface area contributed by atoms with Crippen molar-refractivity contribution in [3.8, 4) is 0 Å². The van der Waals surface area contributed by atoms with Crippen LogP contribution in [0.25, 0.3) is 0 Å². The highest BCUT2D eigenvalue weighted by molar-refractivity contribution is 6.30. The van der Waals surface area contributed by atoms with E-state index >= 15 is 0 Å². The predicted octanol–water partition coefficient (Wildman–Crippen LogP) is 5.10. The third kappa shape index (κ3) is 5.08. The largest absolute Gasteiger partial charge is 0.326 e. The molecule has 3 nitrogen and oxygen atoms in total. The molecule has 2 unspecified atom stereocenters. The second-order valence-corrected chi connectivity index (χ2v) is 6.15. The number of carbonyl (C=O) groups excluding carboxylic acids is 1. The highest BCUT2D eigenvalue weighted by Gasteiger charge is 2.14. The predicted molar refractivity (Wildman–Crippen MR) is 96.8 cm³/mol. The van der Waals surface area contributed by atoms with Crippen LogP contribution in [0.1, 0.15) is 50.4 Å². The quantitative estimate of drug-likeness (QED) is 0.773. The lowest BCUT2D eigenvalue weighted by atomic mass is 10.0. The molecular formula is C19H23ClN2O. The molecule has 0 spiro atoms. The minimum Gasteiger partial charge on any atom is -0.326 e. The molecule has 2 rings (SSSR count). The fourth-order valence-electron chi connectivity index (χ4n) is 2.66. The smallest absolute Gasteiger partial charge is 0.221 e. The van der Waals surface area contributed by atoms with Gasteiger partial charge in [-0.2, -0.15) is 0 Å². The van der Waals surface area contributed by atoms with E-state index in [0.29, 0.717) is 0 Å². The Kier molecular flexibility index (Phi) is 6.20. The molecule has 2 aromatic rings. The maximum Gasteiger partial charge on any atom is 0.221 e. The number of nitrogens with one attached hydrogen (secondary N) is 2. The van der Waals surface area contributed by atoms with Crippen LogP contribution in [-0.4, -0.2) is 5.91 Å². The Morgan fingerprint density at radius 3 is 2.48 bits per heavy atom. The standard InChI is InChI=1S/C19H23ClN2O/c1-4-19(16-8-5-9-17(20)11-16)21-13(2)15-7-6-10-18(12-15)22-14(3)23/h5-13,19,21H,4H2,1-3H3,(H,22,23). The van der Waals surface area contributed by atoms with Gasteiger partial charge in [0.1, 0.15) is 0 Å². The van der Waals surface area contributed by atoms with Gasteiger partial charge >= 0.3 is 0 Å². The van der Waals surface area contributed by atoms with E-state index in [1.54, 1.807) is 0 Å². The number of halogens is 1. The summed E-state index contributed by atoms with van der Waals surface area (Å²) in [5.74, 6) is -0.0619. The first-order chi connectivity index (χ1) is 11.0. The molecule has 0 radical (unpaired) electrons. The number of hydrogen-bond acceptors (Lipinski definition) is 2. The van der Waals surface area contributed by atoms with Crippen LogP contribution in [0.15, 0.2) is 48.5 Å². The van der Waals surface area contributed by atoms with Gasteiger partial charge in [0.15, 0.2) is 0 Å². The molecule has 0 saturated carbocycles. The molecule has 0 aliphatic carbocycles. The zero-order chi connectivity index (χ0) is 16.8. The van der Waals surface area contributed by atoms with Crippen molar-refractivity contribution in [3.63, 3.8) is 0 Å². The van der Waals surface area contributed by atoms with Crippen LogP contribution in [0.3, 0.4) is 0 Å². The molecule has 23 heavy (non-hydrogen) atoms.